The molecule has 20 heavy (non-hydrogen) atoms. The maximum atomic E-state index is 5.64. The topological polar surface area (TPSA) is 27.7 Å². The summed E-state index contributed by atoms with van der Waals surface area (Å²) in [6.45, 7) is 10.5. The highest BCUT2D eigenvalue weighted by Gasteiger charge is 2.12. The smallest absolute Gasteiger partial charge is 0.123 e. The first-order valence-corrected chi connectivity index (χ1v) is 7.62. The van der Waals surface area contributed by atoms with E-state index in [1.807, 2.05) is 19.1 Å². The molecule has 4 heteroatoms. The lowest BCUT2D eigenvalue weighted by Gasteiger charge is -2.32. The van der Waals surface area contributed by atoms with E-state index < -0.39 is 0 Å². The van der Waals surface area contributed by atoms with E-state index in [-0.39, 0.29) is 0 Å². The molecule has 1 aliphatic heterocycles. The molecule has 0 unspecified atom stereocenters. The molecule has 0 radical (unpaired) electrons. The van der Waals surface area contributed by atoms with Crippen molar-refractivity contribution in [3.05, 3.63) is 29.8 Å². The minimum Gasteiger partial charge on any atom is -0.494 e. The molecule has 0 aliphatic carbocycles. The third kappa shape index (κ3) is 4.78. The number of likely N-dealkylation sites (N-methyl/N-ethyl adjacent to an activating group) is 1. The number of ether oxygens (including phenoxy) is 1. The molecule has 0 aromatic heterocycles. The first-order valence-electron chi connectivity index (χ1n) is 7.62. The summed E-state index contributed by atoms with van der Waals surface area (Å²) >= 11 is 0. The van der Waals surface area contributed by atoms with Gasteiger partial charge in [-0.1, -0.05) is 18.2 Å². The fourth-order valence-corrected chi connectivity index (χ4v) is 2.48. The molecule has 0 spiro atoms. The second-order valence-corrected chi connectivity index (χ2v) is 5.36. The molecule has 0 bridgehead atoms. The predicted molar refractivity (Wildman–Crippen MR) is 83.3 cm³/mol. The molecular weight excluding hydrogens is 250 g/mol. The lowest BCUT2D eigenvalue weighted by atomic mass is 10.2. The maximum absolute atomic E-state index is 5.64. The van der Waals surface area contributed by atoms with Crippen LogP contribution in [0.15, 0.2) is 24.3 Å². The molecule has 1 heterocycles. The van der Waals surface area contributed by atoms with Gasteiger partial charge in [0, 0.05) is 51.4 Å². The van der Waals surface area contributed by atoms with Crippen LogP contribution in [0.25, 0.3) is 0 Å². The van der Waals surface area contributed by atoms with Crippen molar-refractivity contribution in [1.82, 2.24) is 15.1 Å². The Hall–Kier alpha value is -1.10. The number of hydrogen-bond acceptors (Lipinski definition) is 4. The van der Waals surface area contributed by atoms with Gasteiger partial charge in [-0.05, 0) is 20.0 Å². The summed E-state index contributed by atoms with van der Waals surface area (Å²) in [5.74, 6) is 1.00. The summed E-state index contributed by atoms with van der Waals surface area (Å²) in [6.07, 6.45) is 0. The third-order valence-electron chi connectivity index (χ3n) is 3.79. The fraction of sp³-hybridized carbons (Fsp3) is 0.625. The number of nitrogens with one attached hydrogen (secondary N) is 1. The lowest BCUT2D eigenvalue weighted by molar-refractivity contribution is 0.154. The molecule has 1 saturated heterocycles. The van der Waals surface area contributed by atoms with Crippen LogP contribution in [0.5, 0.6) is 5.75 Å². The number of rotatable bonds is 7. The van der Waals surface area contributed by atoms with Gasteiger partial charge < -0.3 is 15.0 Å². The van der Waals surface area contributed by atoms with Gasteiger partial charge in [0.05, 0.1) is 6.61 Å². The quantitative estimate of drug-likeness (QED) is 0.763. The normalized spacial score (nSPS) is 17.3. The summed E-state index contributed by atoms with van der Waals surface area (Å²) in [6, 6.07) is 8.27. The molecule has 1 aliphatic rings. The van der Waals surface area contributed by atoms with Crippen molar-refractivity contribution in [3.8, 4) is 5.75 Å². The largest absolute Gasteiger partial charge is 0.494 e. The van der Waals surface area contributed by atoms with Gasteiger partial charge in [-0.15, -0.1) is 0 Å². The van der Waals surface area contributed by atoms with Crippen molar-refractivity contribution in [3.63, 3.8) is 0 Å². The van der Waals surface area contributed by atoms with Gasteiger partial charge in [-0.25, -0.2) is 0 Å². The van der Waals surface area contributed by atoms with E-state index in [2.05, 4.69) is 34.3 Å². The van der Waals surface area contributed by atoms with E-state index in [1.54, 1.807) is 0 Å². The minimum absolute atomic E-state index is 0.721. The Morgan fingerprint density at radius 2 is 1.90 bits per heavy atom. The molecule has 4 nitrogen and oxygen atoms in total. The maximum Gasteiger partial charge on any atom is 0.123 e. The Bertz CT molecular complexity index is 389. The summed E-state index contributed by atoms with van der Waals surface area (Å²) in [5, 5.41) is 3.52. The van der Waals surface area contributed by atoms with Crippen molar-refractivity contribution < 1.29 is 4.74 Å². The average Bonchev–Trinajstić information content (AvgIpc) is 2.47. The molecule has 2 rings (SSSR count). The van der Waals surface area contributed by atoms with Crippen LogP contribution in [-0.4, -0.2) is 62.7 Å². The van der Waals surface area contributed by atoms with E-state index >= 15 is 0 Å². The predicted octanol–water partition coefficient (Wildman–Crippen LogP) is 1.42. The fourth-order valence-electron chi connectivity index (χ4n) is 2.48. The van der Waals surface area contributed by atoms with Crippen molar-refractivity contribution in [2.24, 2.45) is 0 Å². The van der Waals surface area contributed by atoms with Crippen LogP contribution in [0, 0.1) is 0 Å². The molecule has 0 amide bonds. The second-order valence-electron chi connectivity index (χ2n) is 5.36. The zero-order valence-corrected chi connectivity index (χ0v) is 12.8. The van der Waals surface area contributed by atoms with Crippen molar-refractivity contribution in [2.45, 2.75) is 13.5 Å². The number of para-hydroxylation sites is 1. The van der Waals surface area contributed by atoms with Gasteiger partial charge in [-0.2, -0.15) is 0 Å². The molecule has 112 valence electrons. The monoisotopic (exact) mass is 277 g/mol. The molecule has 1 N–H and O–H groups in total. The standard InChI is InChI=1S/C16H27N3O/c1-3-20-16-7-5-4-6-15(16)14-17-8-9-19-12-10-18(2)11-13-19/h4-7,17H,3,8-14H2,1-2H3. The Morgan fingerprint density at radius 1 is 1.15 bits per heavy atom. The van der Waals surface area contributed by atoms with Crippen molar-refractivity contribution >= 4 is 0 Å². The highest BCUT2D eigenvalue weighted by atomic mass is 16.5. The van der Waals surface area contributed by atoms with E-state index in [1.165, 1.54) is 31.7 Å². The number of nitrogens with zero attached hydrogens (tertiary/aromatic N) is 2. The zero-order chi connectivity index (χ0) is 14.2. The van der Waals surface area contributed by atoms with Crippen LogP contribution in [0.2, 0.25) is 0 Å². The summed E-state index contributed by atoms with van der Waals surface area (Å²) in [7, 11) is 2.19. The molecule has 0 saturated carbocycles. The van der Waals surface area contributed by atoms with Gasteiger partial charge in [0.25, 0.3) is 0 Å². The second kappa shape index (κ2) is 8.25. The first kappa shape index (κ1) is 15.3. The van der Waals surface area contributed by atoms with Gasteiger partial charge in [0.1, 0.15) is 5.75 Å². The minimum atomic E-state index is 0.721. The van der Waals surface area contributed by atoms with E-state index in [9.17, 15) is 0 Å². The Morgan fingerprint density at radius 3 is 2.65 bits per heavy atom. The summed E-state index contributed by atoms with van der Waals surface area (Å²) in [4.78, 5) is 4.92. The average molecular weight is 277 g/mol. The first-order chi connectivity index (χ1) is 9.79. The number of benzene rings is 1. The van der Waals surface area contributed by atoms with Crippen LogP contribution < -0.4 is 10.1 Å². The van der Waals surface area contributed by atoms with E-state index in [0.717, 1.165) is 32.0 Å². The highest BCUT2D eigenvalue weighted by Crippen LogP contribution is 2.17. The van der Waals surface area contributed by atoms with Crippen molar-refractivity contribution in [1.29, 1.82) is 0 Å². The van der Waals surface area contributed by atoms with Gasteiger partial charge >= 0.3 is 0 Å². The molecule has 1 aromatic rings. The highest BCUT2D eigenvalue weighted by molar-refractivity contribution is 5.33. The van der Waals surface area contributed by atoms with Crippen LogP contribution in [0.3, 0.4) is 0 Å². The lowest BCUT2D eigenvalue weighted by Crippen LogP contribution is -2.46. The van der Waals surface area contributed by atoms with Crippen LogP contribution >= 0.6 is 0 Å². The molecular formula is C16H27N3O. The van der Waals surface area contributed by atoms with E-state index in [0.29, 0.717) is 0 Å². The molecule has 0 atom stereocenters. The Kier molecular flexibility index (Phi) is 6.30. The van der Waals surface area contributed by atoms with Crippen molar-refractivity contribution in [2.75, 3.05) is 52.9 Å². The summed E-state index contributed by atoms with van der Waals surface area (Å²) < 4.78 is 5.64. The Balaban J connectivity index is 1.68. The van der Waals surface area contributed by atoms with Crippen LogP contribution in [0.1, 0.15) is 12.5 Å². The number of piperazine rings is 1. The van der Waals surface area contributed by atoms with Gasteiger partial charge in [0.2, 0.25) is 0 Å². The third-order valence-corrected chi connectivity index (χ3v) is 3.79. The van der Waals surface area contributed by atoms with Crippen LogP contribution in [0.4, 0.5) is 0 Å². The van der Waals surface area contributed by atoms with Crippen LogP contribution in [-0.2, 0) is 6.54 Å². The molecule has 1 aromatic carbocycles. The van der Waals surface area contributed by atoms with Gasteiger partial charge in [0.15, 0.2) is 0 Å². The molecule has 1 fully saturated rings. The summed E-state index contributed by atoms with van der Waals surface area (Å²) in [5.41, 5.74) is 1.24. The number of hydrogen-bond donors (Lipinski definition) is 1. The zero-order valence-electron chi connectivity index (χ0n) is 12.8. The van der Waals surface area contributed by atoms with E-state index in [4.69, 9.17) is 4.74 Å². The van der Waals surface area contributed by atoms with Gasteiger partial charge in [-0.3, -0.25) is 4.90 Å². The SMILES string of the molecule is CCOc1ccccc1CNCCN1CCN(C)CC1. The Labute approximate surface area is 122 Å².